The van der Waals surface area contributed by atoms with Crippen molar-refractivity contribution in [1.82, 2.24) is 15.2 Å². The third kappa shape index (κ3) is 5.34. The standard InChI is InChI=1S/C25H27N3O3S/c1-2-31-22-11-4-3-10-21(22)24-27-20(17-32-24)15-23(29)26-16-18-8-7-9-19(14-18)25(30)28-12-5-6-13-28/h3-4,7-11,14,17H,2,5-6,12-13,15-16H2,1H3,(H,26,29). The summed E-state index contributed by atoms with van der Waals surface area (Å²) in [5.41, 5.74) is 3.25. The first-order chi connectivity index (χ1) is 15.6. The molecule has 1 N–H and O–H groups in total. The lowest BCUT2D eigenvalue weighted by molar-refractivity contribution is -0.120. The van der Waals surface area contributed by atoms with Crippen LogP contribution in [-0.4, -0.2) is 41.4 Å². The minimum absolute atomic E-state index is 0.0676. The summed E-state index contributed by atoms with van der Waals surface area (Å²) in [5, 5.41) is 5.69. The zero-order valence-corrected chi connectivity index (χ0v) is 19.0. The van der Waals surface area contributed by atoms with E-state index in [1.807, 2.05) is 65.7 Å². The number of rotatable bonds is 8. The number of likely N-dealkylation sites (tertiary alicyclic amines) is 1. The van der Waals surface area contributed by atoms with Crippen LogP contribution in [0.4, 0.5) is 0 Å². The average molecular weight is 450 g/mol. The van der Waals surface area contributed by atoms with Crippen LogP contribution in [-0.2, 0) is 17.8 Å². The molecular formula is C25H27N3O3S. The molecule has 3 aromatic rings. The molecule has 0 atom stereocenters. The van der Waals surface area contributed by atoms with E-state index >= 15 is 0 Å². The van der Waals surface area contributed by atoms with Crippen LogP contribution in [0.1, 0.15) is 41.4 Å². The van der Waals surface area contributed by atoms with Crippen LogP contribution in [0.3, 0.4) is 0 Å². The van der Waals surface area contributed by atoms with Crippen molar-refractivity contribution in [3.05, 3.63) is 70.7 Å². The number of nitrogens with zero attached hydrogens (tertiary/aromatic N) is 2. The molecule has 32 heavy (non-hydrogen) atoms. The Bertz CT molecular complexity index is 1090. The molecule has 1 fully saturated rings. The van der Waals surface area contributed by atoms with Gasteiger partial charge >= 0.3 is 0 Å². The molecule has 1 aromatic heterocycles. The lowest BCUT2D eigenvalue weighted by atomic mass is 10.1. The molecule has 1 aliphatic heterocycles. The first kappa shape index (κ1) is 22.0. The molecule has 6 nitrogen and oxygen atoms in total. The van der Waals surface area contributed by atoms with Gasteiger partial charge in [-0.1, -0.05) is 24.3 Å². The quantitative estimate of drug-likeness (QED) is 0.556. The molecule has 2 heterocycles. The van der Waals surface area contributed by atoms with Crippen LogP contribution in [0, 0.1) is 0 Å². The predicted molar refractivity (Wildman–Crippen MR) is 126 cm³/mol. The van der Waals surface area contributed by atoms with E-state index in [1.165, 1.54) is 11.3 Å². The van der Waals surface area contributed by atoms with Gasteiger partial charge in [0.2, 0.25) is 5.91 Å². The van der Waals surface area contributed by atoms with Crippen molar-refractivity contribution in [1.29, 1.82) is 0 Å². The van der Waals surface area contributed by atoms with Gasteiger partial charge in [0.15, 0.2) is 0 Å². The fraction of sp³-hybridized carbons (Fsp3) is 0.320. The molecule has 0 radical (unpaired) electrons. The fourth-order valence-electron chi connectivity index (χ4n) is 3.78. The Kier molecular flexibility index (Phi) is 7.17. The Hall–Kier alpha value is -3.19. The zero-order chi connectivity index (χ0) is 22.3. The average Bonchev–Trinajstić information content (AvgIpc) is 3.51. The third-order valence-corrected chi connectivity index (χ3v) is 6.29. The molecule has 0 bridgehead atoms. The van der Waals surface area contributed by atoms with E-state index in [1.54, 1.807) is 0 Å². The highest BCUT2D eigenvalue weighted by Crippen LogP contribution is 2.32. The molecule has 4 rings (SSSR count). The number of amides is 2. The fourth-order valence-corrected chi connectivity index (χ4v) is 4.63. The smallest absolute Gasteiger partial charge is 0.253 e. The van der Waals surface area contributed by atoms with Crippen LogP contribution in [0.2, 0.25) is 0 Å². The Morgan fingerprint density at radius 3 is 2.75 bits per heavy atom. The molecular weight excluding hydrogens is 422 g/mol. The number of para-hydroxylation sites is 1. The first-order valence-corrected chi connectivity index (χ1v) is 11.8. The number of hydrogen-bond donors (Lipinski definition) is 1. The van der Waals surface area contributed by atoms with Crippen molar-refractivity contribution in [2.24, 2.45) is 0 Å². The van der Waals surface area contributed by atoms with Crippen LogP contribution < -0.4 is 10.1 Å². The van der Waals surface area contributed by atoms with Crippen LogP contribution in [0.15, 0.2) is 53.9 Å². The van der Waals surface area contributed by atoms with Crippen molar-refractivity contribution in [2.75, 3.05) is 19.7 Å². The highest BCUT2D eigenvalue weighted by Gasteiger charge is 2.19. The SMILES string of the molecule is CCOc1ccccc1-c1nc(CC(=O)NCc2cccc(C(=O)N3CCCC3)c2)cs1. The number of benzene rings is 2. The first-order valence-electron chi connectivity index (χ1n) is 11.0. The second-order valence-electron chi connectivity index (χ2n) is 7.73. The number of thiazole rings is 1. The van der Waals surface area contributed by atoms with Gasteiger partial charge in [0, 0.05) is 30.6 Å². The summed E-state index contributed by atoms with van der Waals surface area (Å²) in [6.45, 7) is 4.56. The molecule has 1 aliphatic rings. The van der Waals surface area contributed by atoms with Gasteiger partial charge in [-0.15, -0.1) is 11.3 Å². The minimum Gasteiger partial charge on any atom is -0.493 e. The monoisotopic (exact) mass is 449 g/mol. The number of nitrogens with one attached hydrogen (secondary N) is 1. The van der Waals surface area contributed by atoms with Crippen LogP contribution >= 0.6 is 11.3 Å². The summed E-state index contributed by atoms with van der Waals surface area (Å²) in [4.78, 5) is 31.6. The molecule has 2 amide bonds. The normalized spacial score (nSPS) is 13.2. The third-order valence-electron chi connectivity index (χ3n) is 5.37. The van der Waals surface area contributed by atoms with Crippen LogP contribution in [0.25, 0.3) is 10.6 Å². The topological polar surface area (TPSA) is 71.5 Å². The maximum atomic E-state index is 12.6. The Balaban J connectivity index is 1.34. The molecule has 2 aromatic carbocycles. The molecule has 0 saturated carbocycles. The Morgan fingerprint density at radius 1 is 1.12 bits per heavy atom. The lowest BCUT2D eigenvalue weighted by Gasteiger charge is -2.15. The largest absolute Gasteiger partial charge is 0.493 e. The number of aromatic nitrogens is 1. The van der Waals surface area contributed by atoms with Gasteiger partial charge in [0.1, 0.15) is 10.8 Å². The van der Waals surface area contributed by atoms with E-state index in [2.05, 4.69) is 10.3 Å². The van der Waals surface area contributed by atoms with Crippen molar-refractivity contribution >= 4 is 23.2 Å². The molecule has 1 saturated heterocycles. The number of ether oxygens (including phenoxy) is 1. The second-order valence-corrected chi connectivity index (χ2v) is 8.58. The number of hydrogen-bond acceptors (Lipinski definition) is 5. The van der Waals surface area contributed by atoms with Gasteiger partial charge in [-0.05, 0) is 49.6 Å². The second kappa shape index (κ2) is 10.4. The van der Waals surface area contributed by atoms with E-state index in [0.29, 0.717) is 18.7 Å². The van der Waals surface area contributed by atoms with Crippen molar-refractivity contribution in [3.63, 3.8) is 0 Å². The highest BCUT2D eigenvalue weighted by atomic mass is 32.1. The van der Waals surface area contributed by atoms with Crippen molar-refractivity contribution < 1.29 is 14.3 Å². The van der Waals surface area contributed by atoms with E-state index in [0.717, 1.165) is 53.5 Å². The maximum Gasteiger partial charge on any atom is 0.253 e. The summed E-state index contributed by atoms with van der Waals surface area (Å²) < 4.78 is 5.69. The molecule has 0 aliphatic carbocycles. The minimum atomic E-state index is -0.101. The van der Waals surface area contributed by atoms with Crippen LogP contribution in [0.5, 0.6) is 5.75 Å². The molecule has 0 unspecified atom stereocenters. The Morgan fingerprint density at radius 2 is 1.94 bits per heavy atom. The summed E-state index contributed by atoms with van der Waals surface area (Å²) in [5.74, 6) is 0.762. The summed E-state index contributed by atoms with van der Waals surface area (Å²) in [7, 11) is 0. The zero-order valence-electron chi connectivity index (χ0n) is 18.2. The van der Waals surface area contributed by atoms with E-state index in [-0.39, 0.29) is 18.2 Å². The molecule has 166 valence electrons. The van der Waals surface area contributed by atoms with E-state index in [9.17, 15) is 9.59 Å². The summed E-state index contributed by atoms with van der Waals surface area (Å²) in [6.07, 6.45) is 2.34. The summed E-state index contributed by atoms with van der Waals surface area (Å²) >= 11 is 1.50. The van der Waals surface area contributed by atoms with Gasteiger partial charge < -0.3 is 15.0 Å². The van der Waals surface area contributed by atoms with Crippen molar-refractivity contribution in [3.8, 4) is 16.3 Å². The van der Waals surface area contributed by atoms with Gasteiger partial charge in [0.05, 0.1) is 24.3 Å². The maximum absolute atomic E-state index is 12.6. The molecule has 0 spiro atoms. The van der Waals surface area contributed by atoms with E-state index in [4.69, 9.17) is 4.74 Å². The van der Waals surface area contributed by atoms with Gasteiger partial charge in [-0.2, -0.15) is 0 Å². The Labute approximate surface area is 192 Å². The summed E-state index contributed by atoms with van der Waals surface area (Å²) in [6, 6.07) is 15.3. The van der Waals surface area contributed by atoms with E-state index < -0.39 is 0 Å². The predicted octanol–water partition coefficient (Wildman–Crippen LogP) is 4.30. The number of carbonyl (C=O) groups excluding carboxylic acids is 2. The van der Waals surface area contributed by atoms with Gasteiger partial charge in [-0.3, -0.25) is 9.59 Å². The lowest BCUT2D eigenvalue weighted by Crippen LogP contribution is -2.28. The van der Waals surface area contributed by atoms with Gasteiger partial charge in [0.25, 0.3) is 5.91 Å². The highest BCUT2D eigenvalue weighted by molar-refractivity contribution is 7.13. The van der Waals surface area contributed by atoms with Crippen molar-refractivity contribution in [2.45, 2.75) is 32.7 Å². The number of carbonyl (C=O) groups is 2. The van der Waals surface area contributed by atoms with Gasteiger partial charge in [-0.25, -0.2) is 4.98 Å². The molecule has 7 heteroatoms.